The van der Waals surface area contributed by atoms with Gasteiger partial charge in [-0.3, -0.25) is 9.59 Å². The lowest BCUT2D eigenvalue weighted by atomic mass is 9.48. The number of hydrogen-bond donors (Lipinski definition) is 0. The zero-order valence-electron chi connectivity index (χ0n) is 15.8. The molecule has 5 rings (SSSR count). The van der Waals surface area contributed by atoms with Crippen LogP contribution in [-0.2, 0) is 9.53 Å². The predicted molar refractivity (Wildman–Crippen MR) is 99.8 cm³/mol. The minimum Gasteiger partial charge on any atom is -0.465 e. The second-order valence-corrected chi connectivity index (χ2v) is 8.56. The normalized spacial score (nSPS) is 28.7. The van der Waals surface area contributed by atoms with Crippen molar-refractivity contribution in [3.8, 4) is 0 Å². The van der Waals surface area contributed by atoms with Gasteiger partial charge >= 0.3 is 5.97 Å². The number of nitrogens with zero attached hydrogens (tertiary/aromatic N) is 1. The van der Waals surface area contributed by atoms with Gasteiger partial charge in [-0.15, -0.1) is 0 Å². The molecule has 0 aromatic heterocycles. The van der Waals surface area contributed by atoms with Gasteiger partial charge in [0.1, 0.15) is 5.92 Å². The summed E-state index contributed by atoms with van der Waals surface area (Å²) in [7, 11) is 1.74. The Hall–Kier alpha value is -2.10. The molecule has 0 saturated heterocycles. The van der Waals surface area contributed by atoms with Gasteiger partial charge in [0, 0.05) is 25.6 Å². The first-order valence-electron chi connectivity index (χ1n) is 9.59. The van der Waals surface area contributed by atoms with Crippen molar-refractivity contribution in [2.45, 2.75) is 39.0 Å². The molecule has 3 atom stereocenters. The van der Waals surface area contributed by atoms with E-state index in [1.807, 2.05) is 18.2 Å². The number of hydrogen-bond acceptors (Lipinski definition) is 3. The summed E-state index contributed by atoms with van der Waals surface area (Å²) in [4.78, 5) is 26.6. The van der Waals surface area contributed by atoms with Gasteiger partial charge in [-0.1, -0.05) is 43.7 Å². The van der Waals surface area contributed by atoms with Gasteiger partial charge < -0.3 is 9.64 Å². The average molecular weight is 353 g/mol. The SMILES string of the molecule is CN1CC(C(=O)OCCC2=CC[C@H]3C[C@@H]2C3(C)C)c2ccccc2C1=O. The molecule has 3 aliphatic carbocycles. The minimum atomic E-state index is -0.390. The van der Waals surface area contributed by atoms with E-state index < -0.39 is 5.92 Å². The maximum atomic E-state index is 12.7. The Labute approximate surface area is 155 Å². The maximum absolute atomic E-state index is 12.7. The highest BCUT2D eigenvalue weighted by Gasteiger charge is 2.50. The molecular formula is C22H27NO3. The van der Waals surface area contributed by atoms with Crippen LogP contribution in [0.4, 0.5) is 0 Å². The Bertz CT molecular complexity index is 779. The molecule has 4 heteroatoms. The van der Waals surface area contributed by atoms with Crippen LogP contribution in [0.25, 0.3) is 0 Å². The van der Waals surface area contributed by atoms with E-state index in [0.717, 1.165) is 24.3 Å². The van der Waals surface area contributed by atoms with Crippen molar-refractivity contribution in [2.24, 2.45) is 17.3 Å². The molecule has 1 saturated carbocycles. The largest absolute Gasteiger partial charge is 0.465 e. The highest BCUT2D eigenvalue weighted by molar-refractivity contribution is 5.99. The van der Waals surface area contributed by atoms with Crippen LogP contribution in [0.5, 0.6) is 0 Å². The van der Waals surface area contributed by atoms with Crippen molar-refractivity contribution >= 4 is 11.9 Å². The first kappa shape index (κ1) is 17.3. The second kappa shape index (κ2) is 6.26. The van der Waals surface area contributed by atoms with E-state index in [1.165, 1.54) is 12.0 Å². The molecule has 4 aliphatic rings. The van der Waals surface area contributed by atoms with Crippen LogP contribution in [0.2, 0.25) is 0 Å². The number of rotatable bonds is 4. The maximum Gasteiger partial charge on any atom is 0.315 e. The first-order valence-corrected chi connectivity index (χ1v) is 9.59. The third kappa shape index (κ3) is 2.67. The van der Waals surface area contributed by atoms with Crippen molar-refractivity contribution < 1.29 is 14.3 Å². The Morgan fingerprint density at radius 1 is 1.31 bits per heavy atom. The molecule has 1 heterocycles. The molecule has 2 bridgehead atoms. The van der Waals surface area contributed by atoms with Gasteiger partial charge in [-0.25, -0.2) is 0 Å². The van der Waals surface area contributed by atoms with Gasteiger partial charge in [-0.05, 0) is 41.7 Å². The van der Waals surface area contributed by atoms with E-state index in [1.54, 1.807) is 18.0 Å². The number of fused-ring (bicyclic) bond motifs is 2. The number of esters is 1. The van der Waals surface area contributed by atoms with Gasteiger partial charge in [0.2, 0.25) is 0 Å². The van der Waals surface area contributed by atoms with Crippen molar-refractivity contribution in [3.05, 3.63) is 47.0 Å². The fourth-order valence-corrected chi connectivity index (χ4v) is 4.99. The monoisotopic (exact) mass is 353 g/mol. The zero-order valence-corrected chi connectivity index (χ0v) is 15.8. The average Bonchev–Trinajstić information content (AvgIpc) is 2.64. The third-order valence-corrected chi connectivity index (χ3v) is 6.87. The Kier molecular flexibility index (Phi) is 4.17. The molecular weight excluding hydrogens is 326 g/mol. The molecule has 1 aromatic rings. The van der Waals surface area contributed by atoms with E-state index >= 15 is 0 Å². The molecule has 1 unspecified atom stereocenters. The summed E-state index contributed by atoms with van der Waals surface area (Å²) in [5.41, 5.74) is 3.27. The highest BCUT2D eigenvalue weighted by Crippen LogP contribution is 2.59. The molecule has 0 spiro atoms. The quantitative estimate of drug-likeness (QED) is 0.611. The second-order valence-electron chi connectivity index (χ2n) is 8.56. The molecule has 1 fully saturated rings. The number of ether oxygens (including phenoxy) is 1. The van der Waals surface area contributed by atoms with Crippen LogP contribution in [-0.4, -0.2) is 37.0 Å². The summed E-state index contributed by atoms with van der Waals surface area (Å²) < 4.78 is 5.64. The van der Waals surface area contributed by atoms with Crippen molar-refractivity contribution in [3.63, 3.8) is 0 Å². The number of carbonyl (C=O) groups is 2. The van der Waals surface area contributed by atoms with Crippen LogP contribution in [0, 0.1) is 17.3 Å². The topological polar surface area (TPSA) is 46.6 Å². The van der Waals surface area contributed by atoms with E-state index in [9.17, 15) is 9.59 Å². The van der Waals surface area contributed by atoms with Gasteiger partial charge in [0.15, 0.2) is 0 Å². The number of likely N-dealkylation sites (N-methyl/N-ethyl adjacent to an activating group) is 1. The Morgan fingerprint density at radius 3 is 2.81 bits per heavy atom. The molecule has 0 N–H and O–H groups in total. The molecule has 0 radical (unpaired) electrons. The summed E-state index contributed by atoms with van der Waals surface area (Å²) >= 11 is 0. The fraction of sp³-hybridized carbons (Fsp3) is 0.545. The molecule has 26 heavy (non-hydrogen) atoms. The molecule has 1 amide bonds. The van der Waals surface area contributed by atoms with E-state index in [-0.39, 0.29) is 11.9 Å². The number of carbonyl (C=O) groups excluding carboxylic acids is 2. The summed E-state index contributed by atoms with van der Waals surface area (Å²) in [6.45, 7) is 5.53. The van der Waals surface area contributed by atoms with Crippen molar-refractivity contribution in [2.75, 3.05) is 20.2 Å². The lowest BCUT2D eigenvalue weighted by Gasteiger charge is -2.56. The van der Waals surface area contributed by atoms with E-state index in [0.29, 0.717) is 30.0 Å². The standard InChI is InChI=1S/C22H27NO3/c1-22(2)15-9-8-14(19(22)12-15)10-11-26-21(25)18-13-23(3)20(24)17-7-5-4-6-16(17)18/h4-8,15,18-19H,9-13H2,1-3H3/t15-,18?,19-/m0/s1. The Balaban J connectivity index is 1.39. The zero-order chi connectivity index (χ0) is 18.5. The first-order chi connectivity index (χ1) is 12.4. The number of amides is 1. The van der Waals surface area contributed by atoms with E-state index in [4.69, 9.17) is 4.74 Å². The molecule has 1 aliphatic heterocycles. The summed E-state index contributed by atoms with van der Waals surface area (Å²) in [5, 5.41) is 0. The fourth-order valence-electron chi connectivity index (χ4n) is 4.99. The van der Waals surface area contributed by atoms with Crippen LogP contribution in [0.3, 0.4) is 0 Å². The predicted octanol–water partition coefficient (Wildman–Crippen LogP) is 3.78. The third-order valence-electron chi connectivity index (χ3n) is 6.87. The van der Waals surface area contributed by atoms with Gasteiger partial charge in [0.25, 0.3) is 5.91 Å². The molecule has 4 nitrogen and oxygen atoms in total. The summed E-state index contributed by atoms with van der Waals surface area (Å²) in [6, 6.07) is 7.36. The van der Waals surface area contributed by atoms with Crippen LogP contribution >= 0.6 is 0 Å². The van der Waals surface area contributed by atoms with Crippen LogP contribution < -0.4 is 0 Å². The van der Waals surface area contributed by atoms with Crippen molar-refractivity contribution in [1.29, 1.82) is 0 Å². The molecule has 138 valence electrons. The number of benzene rings is 1. The molecule has 1 aromatic carbocycles. The minimum absolute atomic E-state index is 0.0289. The Morgan fingerprint density at radius 2 is 2.08 bits per heavy atom. The van der Waals surface area contributed by atoms with Crippen LogP contribution in [0.15, 0.2) is 35.9 Å². The van der Waals surface area contributed by atoms with Gasteiger partial charge in [-0.2, -0.15) is 0 Å². The lowest BCUT2D eigenvalue weighted by Crippen LogP contribution is -2.48. The summed E-state index contributed by atoms with van der Waals surface area (Å²) in [5.74, 6) is 0.834. The lowest BCUT2D eigenvalue weighted by molar-refractivity contribution is -0.146. The smallest absolute Gasteiger partial charge is 0.315 e. The van der Waals surface area contributed by atoms with E-state index in [2.05, 4.69) is 19.9 Å². The summed E-state index contributed by atoms with van der Waals surface area (Å²) in [6.07, 6.45) is 5.64. The van der Waals surface area contributed by atoms with Crippen LogP contribution in [0.1, 0.15) is 54.9 Å². The van der Waals surface area contributed by atoms with Gasteiger partial charge in [0.05, 0.1) is 6.61 Å². The highest BCUT2D eigenvalue weighted by atomic mass is 16.5. The number of allylic oxidation sites excluding steroid dienone is 1. The van der Waals surface area contributed by atoms with Crippen molar-refractivity contribution in [1.82, 2.24) is 4.90 Å².